The fourth-order valence-corrected chi connectivity index (χ4v) is 4.10. The average molecular weight is 322 g/mol. The molecule has 2 nitrogen and oxygen atoms in total. The highest BCUT2D eigenvalue weighted by Gasteiger charge is 2.25. The van der Waals surface area contributed by atoms with Crippen LogP contribution in [0.3, 0.4) is 0 Å². The number of hydrogen-bond donors (Lipinski definition) is 1. The first-order valence-electron chi connectivity index (χ1n) is 7.08. The molecule has 21 heavy (non-hydrogen) atoms. The number of benzene rings is 2. The highest BCUT2D eigenvalue weighted by Crippen LogP contribution is 2.27. The minimum atomic E-state index is -1.17. The summed E-state index contributed by atoms with van der Waals surface area (Å²) in [4.78, 5) is 0.700. The SMILES string of the molecule is CCNC(c1ccccc1)C(C)S(=O)c1ccccc1Cl. The summed E-state index contributed by atoms with van der Waals surface area (Å²) in [5.74, 6) is 0. The standard InChI is InChI=1S/C17H20ClNOS/c1-3-19-17(14-9-5-4-6-10-14)13(2)21(20)16-12-8-7-11-15(16)18/h4-13,17,19H,3H2,1-2H3. The maximum atomic E-state index is 12.8. The van der Waals surface area contributed by atoms with Gasteiger partial charge in [0.1, 0.15) is 0 Å². The van der Waals surface area contributed by atoms with Crippen molar-refractivity contribution in [1.29, 1.82) is 0 Å². The second kappa shape index (κ2) is 7.74. The average Bonchev–Trinajstić information content (AvgIpc) is 2.52. The third-order valence-electron chi connectivity index (χ3n) is 3.44. The molecule has 0 aliphatic rings. The predicted molar refractivity (Wildman–Crippen MR) is 90.2 cm³/mol. The quantitative estimate of drug-likeness (QED) is 0.864. The lowest BCUT2D eigenvalue weighted by Gasteiger charge is -2.25. The monoisotopic (exact) mass is 321 g/mol. The Bertz CT molecular complexity index is 603. The van der Waals surface area contributed by atoms with Crippen molar-refractivity contribution in [3.8, 4) is 0 Å². The molecule has 2 aromatic carbocycles. The normalized spacial score (nSPS) is 15.4. The van der Waals surface area contributed by atoms with Gasteiger partial charge in [-0.3, -0.25) is 4.21 Å². The number of halogens is 1. The molecule has 2 rings (SSSR count). The minimum absolute atomic E-state index is 0.0355. The first kappa shape index (κ1) is 16.2. The number of nitrogens with one attached hydrogen (secondary N) is 1. The fraction of sp³-hybridized carbons (Fsp3) is 0.294. The zero-order valence-electron chi connectivity index (χ0n) is 12.3. The maximum absolute atomic E-state index is 12.8. The summed E-state index contributed by atoms with van der Waals surface area (Å²) in [7, 11) is -1.17. The summed E-state index contributed by atoms with van der Waals surface area (Å²) < 4.78 is 12.8. The minimum Gasteiger partial charge on any atom is -0.309 e. The highest BCUT2D eigenvalue weighted by molar-refractivity contribution is 7.85. The topological polar surface area (TPSA) is 29.1 Å². The van der Waals surface area contributed by atoms with E-state index in [-0.39, 0.29) is 11.3 Å². The van der Waals surface area contributed by atoms with Crippen molar-refractivity contribution in [3.05, 3.63) is 65.2 Å². The van der Waals surface area contributed by atoms with E-state index in [2.05, 4.69) is 24.4 Å². The molecule has 0 amide bonds. The molecule has 0 saturated carbocycles. The smallest absolute Gasteiger partial charge is 0.0592 e. The van der Waals surface area contributed by atoms with Gasteiger partial charge in [0.15, 0.2) is 0 Å². The second-order valence-electron chi connectivity index (χ2n) is 4.88. The summed E-state index contributed by atoms with van der Waals surface area (Å²) in [6, 6.07) is 17.5. The molecule has 0 fully saturated rings. The van der Waals surface area contributed by atoms with E-state index in [1.807, 2.05) is 43.3 Å². The Morgan fingerprint density at radius 3 is 2.33 bits per heavy atom. The van der Waals surface area contributed by atoms with Crippen LogP contribution in [0.5, 0.6) is 0 Å². The van der Waals surface area contributed by atoms with Crippen molar-refractivity contribution in [3.63, 3.8) is 0 Å². The van der Waals surface area contributed by atoms with Gasteiger partial charge in [-0.15, -0.1) is 0 Å². The Kier molecular flexibility index (Phi) is 5.97. The van der Waals surface area contributed by atoms with Gasteiger partial charge in [0, 0.05) is 6.04 Å². The molecule has 112 valence electrons. The van der Waals surface area contributed by atoms with Crippen molar-refractivity contribution in [2.24, 2.45) is 0 Å². The highest BCUT2D eigenvalue weighted by atomic mass is 35.5. The molecule has 2 aromatic rings. The van der Waals surface area contributed by atoms with E-state index in [0.29, 0.717) is 9.92 Å². The van der Waals surface area contributed by atoms with Crippen LogP contribution in [0.2, 0.25) is 5.02 Å². The van der Waals surface area contributed by atoms with Gasteiger partial charge in [-0.25, -0.2) is 0 Å². The maximum Gasteiger partial charge on any atom is 0.0592 e. The first-order chi connectivity index (χ1) is 10.1. The van der Waals surface area contributed by atoms with Crippen LogP contribution in [-0.4, -0.2) is 16.0 Å². The van der Waals surface area contributed by atoms with Gasteiger partial charge in [-0.2, -0.15) is 0 Å². The molecular weight excluding hydrogens is 302 g/mol. The fourth-order valence-electron chi connectivity index (χ4n) is 2.37. The predicted octanol–water partition coefficient (Wildman–Crippen LogP) is 4.19. The summed E-state index contributed by atoms with van der Waals surface area (Å²) in [5, 5.41) is 3.92. The summed E-state index contributed by atoms with van der Waals surface area (Å²) in [6.07, 6.45) is 0. The van der Waals surface area contributed by atoms with Gasteiger partial charge < -0.3 is 5.32 Å². The molecule has 3 unspecified atom stereocenters. The molecule has 3 atom stereocenters. The lowest BCUT2D eigenvalue weighted by molar-refractivity contribution is 0.535. The van der Waals surface area contributed by atoms with Crippen LogP contribution in [0.15, 0.2) is 59.5 Å². The zero-order valence-corrected chi connectivity index (χ0v) is 13.8. The molecule has 0 saturated heterocycles. The van der Waals surface area contributed by atoms with Crippen LogP contribution in [0.4, 0.5) is 0 Å². The number of rotatable bonds is 6. The lowest BCUT2D eigenvalue weighted by atomic mass is 10.0. The molecule has 0 bridgehead atoms. The van der Waals surface area contributed by atoms with Gasteiger partial charge in [-0.05, 0) is 31.2 Å². The molecule has 0 aliphatic heterocycles. The van der Waals surface area contributed by atoms with Crippen molar-refractivity contribution >= 4 is 22.4 Å². The Balaban J connectivity index is 2.29. The van der Waals surface area contributed by atoms with Crippen LogP contribution >= 0.6 is 11.6 Å². The van der Waals surface area contributed by atoms with E-state index in [0.717, 1.165) is 12.1 Å². The number of hydrogen-bond acceptors (Lipinski definition) is 2. The molecule has 4 heteroatoms. The second-order valence-corrected chi connectivity index (χ2v) is 7.06. The van der Waals surface area contributed by atoms with Gasteiger partial charge >= 0.3 is 0 Å². The van der Waals surface area contributed by atoms with E-state index in [1.54, 1.807) is 6.07 Å². The van der Waals surface area contributed by atoms with E-state index >= 15 is 0 Å². The Labute approximate surface area is 134 Å². The summed E-state index contributed by atoms with van der Waals surface area (Å²) in [5.41, 5.74) is 1.15. The van der Waals surface area contributed by atoms with Crippen molar-refractivity contribution in [1.82, 2.24) is 5.32 Å². The van der Waals surface area contributed by atoms with E-state index in [4.69, 9.17) is 11.6 Å². The Morgan fingerprint density at radius 1 is 1.10 bits per heavy atom. The van der Waals surface area contributed by atoms with E-state index < -0.39 is 10.8 Å². The molecule has 1 N–H and O–H groups in total. The third-order valence-corrected chi connectivity index (χ3v) is 5.62. The molecule has 0 spiro atoms. The zero-order chi connectivity index (χ0) is 15.2. The summed E-state index contributed by atoms with van der Waals surface area (Å²) >= 11 is 6.18. The third kappa shape index (κ3) is 3.94. The summed E-state index contributed by atoms with van der Waals surface area (Å²) in [6.45, 7) is 4.88. The van der Waals surface area contributed by atoms with Gasteiger partial charge in [0.25, 0.3) is 0 Å². The van der Waals surface area contributed by atoms with Gasteiger partial charge in [0.05, 0.1) is 26.0 Å². The van der Waals surface area contributed by atoms with E-state index in [9.17, 15) is 4.21 Å². The molecule has 0 aromatic heterocycles. The van der Waals surface area contributed by atoms with Crippen molar-refractivity contribution < 1.29 is 4.21 Å². The van der Waals surface area contributed by atoms with Crippen LogP contribution in [-0.2, 0) is 10.8 Å². The van der Waals surface area contributed by atoms with Gasteiger partial charge in [0.2, 0.25) is 0 Å². The Morgan fingerprint density at radius 2 is 1.71 bits per heavy atom. The molecule has 0 radical (unpaired) electrons. The van der Waals surface area contributed by atoms with Crippen LogP contribution in [0.25, 0.3) is 0 Å². The molecule has 0 aliphatic carbocycles. The molecular formula is C17H20ClNOS. The molecule has 0 heterocycles. The lowest BCUT2D eigenvalue weighted by Crippen LogP contribution is -2.33. The van der Waals surface area contributed by atoms with Crippen LogP contribution in [0, 0.1) is 0 Å². The van der Waals surface area contributed by atoms with Crippen LogP contribution < -0.4 is 5.32 Å². The van der Waals surface area contributed by atoms with Gasteiger partial charge in [-0.1, -0.05) is 61.0 Å². The van der Waals surface area contributed by atoms with Crippen molar-refractivity contribution in [2.75, 3.05) is 6.54 Å². The Hall–Kier alpha value is -1.16. The largest absolute Gasteiger partial charge is 0.309 e. The van der Waals surface area contributed by atoms with E-state index in [1.165, 1.54) is 0 Å². The van der Waals surface area contributed by atoms with Crippen molar-refractivity contribution in [2.45, 2.75) is 30.0 Å². The first-order valence-corrected chi connectivity index (χ1v) is 8.67. The van der Waals surface area contributed by atoms with Crippen LogP contribution in [0.1, 0.15) is 25.5 Å².